The normalized spacial score (nSPS) is 10.8. The van der Waals surface area contributed by atoms with Crippen LogP contribution in [0.3, 0.4) is 0 Å². The lowest BCUT2D eigenvalue weighted by Crippen LogP contribution is -1.97. The Morgan fingerprint density at radius 3 is 1.80 bits per heavy atom. The second kappa shape index (κ2) is 11.6. The molecular formula is C41H20N8. The molecule has 224 valence electrons. The quantitative estimate of drug-likeness (QED) is 0.179. The van der Waals surface area contributed by atoms with E-state index in [0.717, 1.165) is 49.7 Å². The van der Waals surface area contributed by atoms with Crippen LogP contribution in [0.25, 0.3) is 71.9 Å². The molecule has 8 rings (SSSR count). The van der Waals surface area contributed by atoms with Gasteiger partial charge >= 0.3 is 0 Å². The first-order valence-corrected chi connectivity index (χ1v) is 15.3. The highest BCUT2D eigenvalue weighted by atomic mass is 15.5. The van der Waals surface area contributed by atoms with Gasteiger partial charge in [-0.2, -0.15) is 25.8 Å². The summed E-state index contributed by atoms with van der Waals surface area (Å²) in [6.07, 6.45) is 0. The number of aromatic nitrogens is 4. The van der Waals surface area contributed by atoms with Crippen LogP contribution in [0.1, 0.15) is 22.3 Å². The largest absolute Gasteiger partial charge is 0.247 e. The van der Waals surface area contributed by atoms with E-state index >= 15 is 0 Å². The Morgan fingerprint density at radius 1 is 0.510 bits per heavy atom. The van der Waals surface area contributed by atoms with Crippen LogP contribution in [0.2, 0.25) is 0 Å². The number of nitriles is 4. The molecule has 0 aliphatic rings. The zero-order valence-electron chi connectivity index (χ0n) is 25.6. The van der Waals surface area contributed by atoms with Crippen LogP contribution in [-0.4, -0.2) is 20.0 Å². The van der Waals surface area contributed by atoms with Crippen molar-refractivity contribution in [1.29, 1.82) is 21.0 Å². The molecule has 0 aliphatic carbocycles. The van der Waals surface area contributed by atoms with Crippen molar-refractivity contribution >= 4 is 32.7 Å². The van der Waals surface area contributed by atoms with Gasteiger partial charge in [-0.15, -0.1) is 10.2 Å². The molecule has 0 bridgehead atoms. The van der Waals surface area contributed by atoms with E-state index in [1.165, 1.54) is 12.1 Å². The molecule has 0 aliphatic heterocycles. The highest BCUT2D eigenvalue weighted by Gasteiger charge is 2.21. The molecule has 0 atom stereocenters. The van der Waals surface area contributed by atoms with Crippen LogP contribution in [0.4, 0.5) is 0 Å². The average Bonchev–Trinajstić information content (AvgIpc) is 3.63. The summed E-state index contributed by atoms with van der Waals surface area (Å²) < 4.78 is 0. The lowest BCUT2D eigenvalue weighted by atomic mass is 9.91. The number of para-hydroxylation sites is 2. The second-order valence-corrected chi connectivity index (χ2v) is 11.4. The predicted octanol–water partition coefficient (Wildman–Crippen LogP) is 8.61. The lowest BCUT2D eigenvalue weighted by molar-refractivity contribution is 0.766. The van der Waals surface area contributed by atoms with Crippen molar-refractivity contribution in [2.24, 2.45) is 0 Å². The number of hydrogen-bond acceptors (Lipinski definition) is 7. The van der Waals surface area contributed by atoms with Crippen LogP contribution >= 0.6 is 0 Å². The van der Waals surface area contributed by atoms with E-state index in [1.54, 1.807) is 16.9 Å². The second-order valence-electron chi connectivity index (χ2n) is 11.4. The van der Waals surface area contributed by atoms with Crippen LogP contribution < -0.4 is 0 Å². The van der Waals surface area contributed by atoms with Gasteiger partial charge in [0.1, 0.15) is 11.0 Å². The van der Waals surface area contributed by atoms with E-state index in [0.29, 0.717) is 27.7 Å². The number of pyridine rings is 1. The van der Waals surface area contributed by atoms with Crippen molar-refractivity contribution < 1.29 is 0 Å². The predicted molar refractivity (Wildman–Crippen MR) is 187 cm³/mol. The Hall–Kier alpha value is -7.65. The fraction of sp³-hybridized carbons (Fsp3) is 0. The summed E-state index contributed by atoms with van der Waals surface area (Å²) in [7, 11) is 0. The van der Waals surface area contributed by atoms with Crippen LogP contribution in [-0.2, 0) is 0 Å². The van der Waals surface area contributed by atoms with Crippen molar-refractivity contribution in [3.05, 3.63) is 144 Å². The highest BCUT2D eigenvalue weighted by molar-refractivity contribution is 6.23. The van der Waals surface area contributed by atoms with E-state index in [9.17, 15) is 21.0 Å². The summed E-state index contributed by atoms with van der Waals surface area (Å²) in [6.45, 7) is 0. The lowest BCUT2D eigenvalue weighted by Gasteiger charge is -2.14. The minimum Gasteiger partial charge on any atom is -0.247 e. The van der Waals surface area contributed by atoms with Gasteiger partial charge in [-0.25, -0.2) is 4.98 Å². The molecule has 0 radical (unpaired) electrons. The first kappa shape index (κ1) is 28.8. The SMILES string of the molecule is N#Cc1ccc(-c2cc3c(-c4ccc(-c5c(C#N)cc(C#N)cc5C#N)cc4)nc4ccccc4c3c3nn(-c4ccccc4)nc23)cc1. The standard InChI is InChI=1S/C41H20N8/c42-21-25-10-12-27(13-11-25)34-20-35-38(41-40(34)47-49(48-41)32-6-2-1-3-7-32)33-8-4-5-9-36(33)46-39(35)29-16-14-28(15-17-29)37-30(23-44)18-26(22-43)19-31(37)24-45/h1-20H. The Balaban J connectivity index is 1.41. The van der Waals surface area contributed by atoms with E-state index in [-0.39, 0.29) is 16.7 Å². The maximum atomic E-state index is 9.87. The summed E-state index contributed by atoms with van der Waals surface area (Å²) in [4.78, 5) is 6.81. The maximum Gasteiger partial charge on any atom is 0.122 e. The summed E-state index contributed by atoms with van der Waals surface area (Å²) in [5, 5.41) is 51.4. The molecule has 0 N–H and O–H groups in total. The first-order valence-electron chi connectivity index (χ1n) is 15.3. The van der Waals surface area contributed by atoms with Gasteiger partial charge in [0, 0.05) is 32.8 Å². The summed E-state index contributed by atoms with van der Waals surface area (Å²) in [6, 6.07) is 46.3. The van der Waals surface area contributed by atoms with Crippen LogP contribution in [0, 0.1) is 45.3 Å². The molecule has 49 heavy (non-hydrogen) atoms. The molecule has 6 aromatic carbocycles. The number of benzene rings is 6. The van der Waals surface area contributed by atoms with Gasteiger partial charge in [0.2, 0.25) is 0 Å². The minimum atomic E-state index is 0.258. The van der Waals surface area contributed by atoms with E-state index in [1.807, 2.05) is 97.1 Å². The van der Waals surface area contributed by atoms with Gasteiger partial charge in [0.05, 0.1) is 63.4 Å². The molecule has 0 fully saturated rings. The number of rotatable bonds is 4. The molecule has 0 saturated heterocycles. The van der Waals surface area contributed by atoms with Gasteiger partial charge in [-0.3, -0.25) is 0 Å². The molecule has 0 spiro atoms. The molecule has 2 aromatic heterocycles. The first-order chi connectivity index (χ1) is 24.1. The molecule has 8 heteroatoms. The van der Waals surface area contributed by atoms with Crippen molar-refractivity contribution in [3.8, 4) is 63.5 Å². The summed E-state index contributed by atoms with van der Waals surface area (Å²) >= 11 is 0. The van der Waals surface area contributed by atoms with Crippen molar-refractivity contribution in [1.82, 2.24) is 20.0 Å². The zero-order chi connectivity index (χ0) is 33.5. The fourth-order valence-electron chi connectivity index (χ4n) is 6.32. The molecule has 0 amide bonds. The topological polar surface area (TPSA) is 139 Å². The van der Waals surface area contributed by atoms with Crippen molar-refractivity contribution in [3.63, 3.8) is 0 Å². The number of hydrogen-bond donors (Lipinski definition) is 0. The molecular weight excluding hydrogens is 605 g/mol. The van der Waals surface area contributed by atoms with Gasteiger partial charge in [0.15, 0.2) is 0 Å². The molecule has 2 heterocycles. The Labute approximate surface area is 280 Å². The summed E-state index contributed by atoms with van der Waals surface area (Å²) in [5.41, 5.74) is 8.82. The monoisotopic (exact) mass is 624 g/mol. The Bertz CT molecular complexity index is 2750. The van der Waals surface area contributed by atoms with E-state index in [2.05, 4.69) is 24.3 Å². The van der Waals surface area contributed by atoms with E-state index < -0.39 is 0 Å². The minimum absolute atomic E-state index is 0.258. The highest BCUT2D eigenvalue weighted by Crippen LogP contribution is 2.41. The van der Waals surface area contributed by atoms with Crippen molar-refractivity contribution in [2.45, 2.75) is 0 Å². The third-order valence-corrected chi connectivity index (χ3v) is 8.59. The van der Waals surface area contributed by atoms with Crippen LogP contribution in [0.5, 0.6) is 0 Å². The Morgan fingerprint density at radius 2 is 1.12 bits per heavy atom. The van der Waals surface area contributed by atoms with Crippen LogP contribution in [0.15, 0.2) is 121 Å². The Kier molecular flexibility index (Phi) is 6.83. The maximum absolute atomic E-state index is 9.87. The molecule has 0 saturated carbocycles. The third kappa shape index (κ3) is 4.79. The van der Waals surface area contributed by atoms with Gasteiger partial charge in [0.25, 0.3) is 0 Å². The van der Waals surface area contributed by atoms with Crippen molar-refractivity contribution in [2.75, 3.05) is 0 Å². The molecule has 8 aromatic rings. The van der Waals surface area contributed by atoms with Gasteiger partial charge in [-0.05, 0) is 59.7 Å². The molecule has 0 unspecified atom stereocenters. The average molecular weight is 625 g/mol. The third-order valence-electron chi connectivity index (χ3n) is 8.59. The van der Waals surface area contributed by atoms with Gasteiger partial charge in [-0.1, -0.05) is 72.8 Å². The van der Waals surface area contributed by atoms with E-state index in [4.69, 9.17) is 15.2 Å². The fourth-order valence-corrected chi connectivity index (χ4v) is 6.32. The zero-order valence-corrected chi connectivity index (χ0v) is 25.6. The van der Waals surface area contributed by atoms with Gasteiger partial charge < -0.3 is 0 Å². The number of fused-ring (bicyclic) bond motifs is 5. The molecule has 8 nitrogen and oxygen atoms in total. The smallest absolute Gasteiger partial charge is 0.122 e. The number of nitrogens with zero attached hydrogens (tertiary/aromatic N) is 8. The summed E-state index contributed by atoms with van der Waals surface area (Å²) in [5.74, 6) is 0.